The zero-order valence-electron chi connectivity index (χ0n) is 12.1. The SMILES string of the molecule is CCOC(=O)C1(Nc2ccc(Cl)c(Br)c2)CC(OCC)C1. The number of rotatable bonds is 6. The monoisotopic (exact) mass is 375 g/mol. The van der Waals surface area contributed by atoms with Crippen molar-refractivity contribution in [1.82, 2.24) is 0 Å². The second-order valence-corrected chi connectivity index (χ2v) is 6.30. The fourth-order valence-corrected chi connectivity index (χ4v) is 3.01. The summed E-state index contributed by atoms with van der Waals surface area (Å²) in [6.45, 7) is 4.78. The van der Waals surface area contributed by atoms with Crippen LogP contribution in [0.1, 0.15) is 26.7 Å². The van der Waals surface area contributed by atoms with E-state index in [1.165, 1.54) is 0 Å². The van der Waals surface area contributed by atoms with Crippen LogP contribution in [0.15, 0.2) is 22.7 Å². The Balaban J connectivity index is 2.13. The second-order valence-electron chi connectivity index (χ2n) is 5.04. The molecule has 0 saturated heterocycles. The number of carbonyl (C=O) groups is 1. The van der Waals surface area contributed by atoms with E-state index in [-0.39, 0.29) is 12.1 Å². The minimum absolute atomic E-state index is 0.0997. The van der Waals surface area contributed by atoms with Crippen LogP contribution in [0, 0.1) is 0 Å². The highest BCUT2D eigenvalue weighted by molar-refractivity contribution is 9.10. The van der Waals surface area contributed by atoms with E-state index in [2.05, 4.69) is 21.2 Å². The lowest BCUT2D eigenvalue weighted by Crippen LogP contribution is -2.60. The third-order valence-corrected chi connectivity index (χ3v) is 4.74. The van der Waals surface area contributed by atoms with Gasteiger partial charge in [-0.2, -0.15) is 0 Å². The van der Waals surface area contributed by atoms with Gasteiger partial charge in [0.05, 0.1) is 17.7 Å². The summed E-state index contributed by atoms with van der Waals surface area (Å²) in [6, 6.07) is 5.49. The maximum atomic E-state index is 12.3. The lowest BCUT2D eigenvalue weighted by Gasteiger charge is -2.45. The van der Waals surface area contributed by atoms with Crippen molar-refractivity contribution in [3.8, 4) is 0 Å². The molecule has 0 bridgehead atoms. The lowest BCUT2D eigenvalue weighted by atomic mass is 9.74. The molecular formula is C15H19BrClNO3. The molecule has 1 aliphatic rings. The molecule has 1 saturated carbocycles. The molecule has 1 N–H and O–H groups in total. The highest BCUT2D eigenvalue weighted by Gasteiger charge is 2.52. The Morgan fingerprint density at radius 3 is 2.71 bits per heavy atom. The maximum Gasteiger partial charge on any atom is 0.331 e. The van der Waals surface area contributed by atoms with Crippen molar-refractivity contribution in [3.05, 3.63) is 27.7 Å². The molecule has 1 aromatic rings. The minimum Gasteiger partial charge on any atom is -0.464 e. The van der Waals surface area contributed by atoms with Crippen LogP contribution in [0.2, 0.25) is 5.02 Å². The van der Waals surface area contributed by atoms with Gasteiger partial charge in [0.1, 0.15) is 5.54 Å². The van der Waals surface area contributed by atoms with E-state index in [4.69, 9.17) is 21.1 Å². The van der Waals surface area contributed by atoms with Gasteiger partial charge in [-0.25, -0.2) is 4.79 Å². The van der Waals surface area contributed by atoms with Crippen LogP contribution in [0.25, 0.3) is 0 Å². The third-order valence-electron chi connectivity index (χ3n) is 3.52. The smallest absolute Gasteiger partial charge is 0.331 e. The van der Waals surface area contributed by atoms with Gasteiger partial charge < -0.3 is 14.8 Å². The lowest BCUT2D eigenvalue weighted by molar-refractivity contribution is -0.158. The van der Waals surface area contributed by atoms with Gasteiger partial charge in [-0.05, 0) is 48.0 Å². The molecular weight excluding hydrogens is 358 g/mol. The van der Waals surface area contributed by atoms with Crippen LogP contribution in [0.3, 0.4) is 0 Å². The molecule has 21 heavy (non-hydrogen) atoms. The van der Waals surface area contributed by atoms with Crippen LogP contribution in [-0.2, 0) is 14.3 Å². The zero-order valence-corrected chi connectivity index (χ0v) is 14.5. The van der Waals surface area contributed by atoms with Crippen molar-refractivity contribution in [2.75, 3.05) is 18.5 Å². The minimum atomic E-state index is -0.705. The average molecular weight is 377 g/mol. The Labute approximate surface area is 138 Å². The van der Waals surface area contributed by atoms with E-state index in [1.54, 1.807) is 6.07 Å². The van der Waals surface area contributed by atoms with Gasteiger partial charge in [-0.15, -0.1) is 0 Å². The standard InChI is InChI=1S/C15H19BrClNO3/c1-3-20-11-8-15(9-11,14(19)21-4-2)18-10-5-6-13(17)12(16)7-10/h5-7,11,18H,3-4,8-9H2,1-2H3. The van der Waals surface area contributed by atoms with Crippen LogP contribution in [0.4, 0.5) is 5.69 Å². The quantitative estimate of drug-likeness (QED) is 0.762. The predicted octanol–water partition coefficient (Wildman–Crippen LogP) is 4.02. The number of benzene rings is 1. The number of halogens is 2. The van der Waals surface area contributed by atoms with Gasteiger partial charge in [-0.3, -0.25) is 0 Å². The Hall–Kier alpha value is -0.780. The van der Waals surface area contributed by atoms with Crippen molar-refractivity contribution in [2.24, 2.45) is 0 Å². The van der Waals surface area contributed by atoms with E-state index in [0.717, 1.165) is 10.2 Å². The molecule has 6 heteroatoms. The topological polar surface area (TPSA) is 47.6 Å². The number of esters is 1. The van der Waals surface area contributed by atoms with Crippen molar-refractivity contribution >= 4 is 39.2 Å². The van der Waals surface area contributed by atoms with E-state index in [0.29, 0.717) is 31.1 Å². The molecule has 0 aliphatic heterocycles. The summed E-state index contributed by atoms with van der Waals surface area (Å²) in [5.41, 5.74) is 0.123. The number of hydrogen-bond donors (Lipinski definition) is 1. The van der Waals surface area contributed by atoms with Gasteiger partial charge in [0.15, 0.2) is 0 Å². The first-order valence-corrected chi connectivity index (χ1v) is 8.20. The van der Waals surface area contributed by atoms with E-state index in [9.17, 15) is 4.79 Å². The summed E-state index contributed by atoms with van der Waals surface area (Å²) in [6.07, 6.45) is 1.32. The van der Waals surface area contributed by atoms with E-state index in [1.807, 2.05) is 26.0 Å². The number of nitrogens with one attached hydrogen (secondary N) is 1. The summed E-state index contributed by atoms with van der Waals surface area (Å²) >= 11 is 9.38. The molecule has 0 aromatic heterocycles. The molecule has 1 aliphatic carbocycles. The third kappa shape index (κ3) is 3.71. The van der Waals surface area contributed by atoms with Crippen molar-refractivity contribution in [1.29, 1.82) is 0 Å². The average Bonchev–Trinajstić information content (AvgIpc) is 2.40. The molecule has 0 unspecified atom stereocenters. The molecule has 116 valence electrons. The number of hydrogen-bond acceptors (Lipinski definition) is 4. The first-order chi connectivity index (χ1) is 10.0. The van der Waals surface area contributed by atoms with Crippen LogP contribution >= 0.6 is 27.5 Å². The number of anilines is 1. The molecule has 4 nitrogen and oxygen atoms in total. The molecule has 0 amide bonds. The maximum absolute atomic E-state index is 12.3. The van der Waals surface area contributed by atoms with Crippen LogP contribution in [0.5, 0.6) is 0 Å². The van der Waals surface area contributed by atoms with Crippen molar-refractivity contribution in [2.45, 2.75) is 38.3 Å². The van der Waals surface area contributed by atoms with Gasteiger partial charge >= 0.3 is 5.97 Å². The van der Waals surface area contributed by atoms with Gasteiger partial charge in [-0.1, -0.05) is 11.6 Å². The largest absolute Gasteiger partial charge is 0.464 e. The molecule has 1 fully saturated rings. The van der Waals surface area contributed by atoms with E-state index >= 15 is 0 Å². The Bertz CT molecular complexity index is 518. The van der Waals surface area contributed by atoms with Gasteiger partial charge in [0.2, 0.25) is 0 Å². The normalized spacial score (nSPS) is 24.3. The van der Waals surface area contributed by atoms with Crippen LogP contribution < -0.4 is 5.32 Å². The van der Waals surface area contributed by atoms with Gasteiger partial charge in [0.25, 0.3) is 0 Å². The fraction of sp³-hybridized carbons (Fsp3) is 0.533. The van der Waals surface area contributed by atoms with Crippen molar-refractivity contribution < 1.29 is 14.3 Å². The molecule has 0 spiro atoms. The highest BCUT2D eigenvalue weighted by Crippen LogP contribution is 2.39. The Morgan fingerprint density at radius 2 is 2.14 bits per heavy atom. The Morgan fingerprint density at radius 1 is 1.43 bits per heavy atom. The number of carbonyl (C=O) groups excluding carboxylic acids is 1. The summed E-state index contributed by atoms with van der Waals surface area (Å²) < 4.78 is 11.6. The molecule has 1 aromatic carbocycles. The predicted molar refractivity (Wildman–Crippen MR) is 86.8 cm³/mol. The summed E-state index contributed by atoms with van der Waals surface area (Å²) in [7, 11) is 0. The molecule has 0 radical (unpaired) electrons. The Kier molecular flexibility index (Phi) is 5.52. The zero-order chi connectivity index (χ0) is 15.5. The highest BCUT2D eigenvalue weighted by atomic mass is 79.9. The summed E-state index contributed by atoms with van der Waals surface area (Å²) in [5, 5.41) is 3.92. The van der Waals surface area contributed by atoms with Crippen LogP contribution in [-0.4, -0.2) is 30.8 Å². The van der Waals surface area contributed by atoms with Crippen molar-refractivity contribution in [3.63, 3.8) is 0 Å². The first kappa shape index (κ1) is 16.6. The molecule has 2 rings (SSSR count). The van der Waals surface area contributed by atoms with E-state index < -0.39 is 5.54 Å². The summed E-state index contributed by atoms with van der Waals surface area (Å²) in [4.78, 5) is 12.3. The first-order valence-electron chi connectivity index (χ1n) is 7.03. The molecule has 0 heterocycles. The summed E-state index contributed by atoms with van der Waals surface area (Å²) in [5.74, 6) is -0.230. The fourth-order valence-electron chi connectivity index (χ4n) is 2.51. The molecule has 0 atom stereocenters. The number of ether oxygens (including phenoxy) is 2. The van der Waals surface area contributed by atoms with Gasteiger partial charge in [0, 0.05) is 29.6 Å². The second kappa shape index (κ2) is 6.99.